The molecular weight excluding hydrogens is 310 g/mol. The number of nitro benzene ring substituents is 1. The molecule has 0 fully saturated rings. The van der Waals surface area contributed by atoms with Gasteiger partial charge in [-0.3, -0.25) is 14.9 Å². The first-order valence-electron chi connectivity index (χ1n) is 7.15. The predicted molar refractivity (Wildman–Crippen MR) is 90.7 cm³/mol. The number of carbonyl (C=O) groups is 1. The van der Waals surface area contributed by atoms with Crippen molar-refractivity contribution in [1.82, 2.24) is 0 Å². The summed E-state index contributed by atoms with van der Waals surface area (Å²) in [6.07, 6.45) is 2.96. The highest BCUT2D eigenvalue weighted by atomic mass is 16.6. The normalized spacial score (nSPS) is 10.6. The average Bonchev–Trinajstić information content (AvgIpc) is 2.59. The first-order chi connectivity index (χ1) is 11.5. The van der Waals surface area contributed by atoms with Gasteiger partial charge in [0.15, 0.2) is 5.78 Å². The maximum atomic E-state index is 12.3. The second kappa shape index (κ2) is 7.41. The summed E-state index contributed by atoms with van der Waals surface area (Å²) in [6.45, 7) is 1.63. The first-order valence-corrected chi connectivity index (χ1v) is 7.15. The van der Waals surface area contributed by atoms with Crippen LogP contribution in [0.1, 0.15) is 21.5 Å². The molecule has 6 nitrogen and oxygen atoms in total. The second-order valence-electron chi connectivity index (χ2n) is 5.06. The van der Waals surface area contributed by atoms with Crippen molar-refractivity contribution in [2.24, 2.45) is 0 Å². The number of aryl methyl sites for hydroxylation is 1. The van der Waals surface area contributed by atoms with Gasteiger partial charge in [0.25, 0.3) is 5.69 Å². The molecule has 2 aromatic carbocycles. The Bertz CT molecular complexity index is 811. The van der Waals surface area contributed by atoms with Gasteiger partial charge in [0, 0.05) is 28.8 Å². The minimum absolute atomic E-state index is 0.0729. The van der Waals surface area contributed by atoms with E-state index >= 15 is 0 Å². The number of carbonyl (C=O) groups excluding carboxylic acids is 1. The van der Waals surface area contributed by atoms with E-state index in [4.69, 9.17) is 9.47 Å². The lowest BCUT2D eigenvalue weighted by atomic mass is 10.1. The molecule has 0 saturated heterocycles. The van der Waals surface area contributed by atoms with Gasteiger partial charge in [-0.2, -0.15) is 0 Å². The Kier molecular flexibility index (Phi) is 5.31. The SMILES string of the molecule is COc1ccc(/C=C/C(=O)c2ccc(C)c([N+](=O)[O-])c2)c(OC)c1. The van der Waals surface area contributed by atoms with Crippen LogP contribution in [-0.2, 0) is 0 Å². The van der Waals surface area contributed by atoms with Gasteiger partial charge in [0.05, 0.1) is 19.1 Å². The molecule has 6 heteroatoms. The van der Waals surface area contributed by atoms with Crippen LogP contribution in [0.5, 0.6) is 11.5 Å². The number of hydrogen-bond donors (Lipinski definition) is 0. The van der Waals surface area contributed by atoms with Crippen molar-refractivity contribution >= 4 is 17.5 Å². The third kappa shape index (κ3) is 3.78. The molecule has 0 aliphatic heterocycles. The summed E-state index contributed by atoms with van der Waals surface area (Å²) in [7, 11) is 3.08. The summed E-state index contributed by atoms with van der Waals surface area (Å²) in [5.41, 5.74) is 1.40. The lowest BCUT2D eigenvalue weighted by Gasteiger charge is -2.07. The van der Waals surface area contributed by atoms with E-state index in [0.717, 1.165) is 0 Å². The molecule has 0 aliphatic carbocycles. The lowest BCUT2D eigenvalue weighted by Crippen LogP contribution is -1.98. The van der Waals surface area contributed by atoms with Crippen LogP contribution in [0, 0.1) is 17.0 Å². The number of allylic oxidation sites excluding steroid dienone is 1. The largest absolute Gasteiger partial charge is 0.497 e. The number of benzene rings is 2. The number of ether oxygens (including phenoxy) is 2. The Labute approximate surface area is 139 Å². The molecule has 0 heterocycles. The molecule has 0 amide bonds. The first kappa shape index (κ1) is 17.2. The molecule has 0 spiro atoms. The minimum Gasteiger partial charge on any atom is -0.497 e. The highest BCUT2D eigenvalue weighted by Crippen LogP contribution is 2.26. The van der Waals surface area contributed by atoms with Gasteiger partial charge >= 0.3 is 0 Å². The molecular formula is C18H17NO5. The Morgan fingerprint density at radius 2 is 1.88 bits per heavy atom. The topological polar surface area (TPSA) is 78.7 Å². The van der Waals surface area contributed by atoms with E-state index in [1.165, 1.54) is 19.3 Å². The fourth-order valence-corrected chi connectivity index (χ4v) is 2.18. The van der Waals surface area contributed by atoms with Crippen molar-refractivity contribution in [3.05, 3.63) is 69.3 Å². The highest BCUT2D eigenvalue weighted by Gasteiger charge is 2.13. The van der Waals surface area contributed by atoms with Gasteiger partial charge in [-0.1, -0.05) is 12.1 Å². The van der Waals surface area contributed by atoms with Gasteiger partial charge in [-0.15, -0.1) is 0 Å². The molecule has 0 saturated carbocycles. The molecule has 0 atom stereocenters. The average molecular weight is 327 g/mol. The van der Waals surface area contributed by atoms with Crippen molar-refractivity contribution in [2.45, 2.75) is 6.92 Å². The van der Waals surface area contributed by atoms with E-state index in [1.54, 1.807) is 50.4 Å². The molecule has 2 rings (SSSR count). The molecule has 0 N–H and O–H groups in total. The molecule has 24 heavy (non-hydrogen) atoms. The number of hydrogen-bond acceptors (Lipinski definition) is 5. The smallest absolute Gasteiger partial charge is 0.273 e. The third-order valence-electron chi connectivity index (χ3n) is 3.55. The van der Waals surface area contributed by atoms with Crippen molar-refractivity contribution in [1.29, 1.82) is 0 Å². The maximum absolute atomic E-state index is 12.3. The Morgan fingerprint density at radius 3 is 2.50 bits per heavy atom. The molecule has 0 radical (unpaired) electrons. The van der Waals surface area contributed by atoms with Crippen molar-refractivity contribution in [3.8, 4) is 11.5 Å². The van der Waals surface area contributed by atoms with Crippen LogP contribution in [0.15, 0.2) is 42.5 Å². The number of nitrogens with zero attached hydrogens (tertiary/aromatic N) is 1. The standard InChI is InChI=1S/C18H17NO5/c1-12-4-5-14(10-16(12)19(21)22)17(20)9-7-13-6-8-15(23-2)11-18(13)24-3/h4-11H,1-3H3/b9-7+. The van der Waals surface area contributed by atoms with Crippen molar-refractivity contribution in [3.63, 3.8) is 0 Å². The Balaban J connectivity index is 2.28. The number of rotatable bonds is 6. The van der Waals surface area contributed by atoms with E-state index in [1.807, 2.05) is 0 Å². The zero-order valence-electron chi connectivity index (χ0n) is 13.6. The number of nitro groups is 1. The van der Waals surface area contributed by atoms with E-state index in [9.17, 15) is 14.9 Å². The molecule has 0 bridgehead atoms. The summed E-state index contributed by atoms with van der Waals surface area (Å²) in [5, 5.41) is 11.0. The van der Waals surface area contributed by atoms with Crippen LogP contribution in [0.25, 0.3) is 6.08 Å². The quantitative estimate of drug-likeness (QED) is 0.349. The van der Waals surface area contributed by atoms with Crippen LogP contribution >= 0.6 is 0 Å². The van der Waals surface area contributed by atoms with E-state index in [0.29, 0.717) is 22.6 Å². The molecule has 0 aliphatic rings. The zero-order chi connectivity index (χ0) is 17.7. The summed E-state index contributed by atoms with van der Waals surface area (Å²) in [4.78, 5) is 22.7. The van der Waals surface area contributed by atoms with Crippen molar-refractivity contribution in [2.75, 3.05) is 14.2 Å². The van der Waals surface area contributed by atoms with Crippen LogP contribution in [0.4, 0.5) is 5.69 Å². The van der Waals surface area contributed by atoms with E-state index in [-0.39, 0.29) is 17.0 Å². The van der Waals surface area contributed by atoms with Crippen molar-refractivity contribution < 1.29 is 19.2 Å². The van der Waals surface area contributed by atoms with Gasteiger partial charge in [-0.25, -0.2) is 0 Å². The van der Waals surface area contributed by atoms with Gasteiger partial charge in [-0.05, 0) is 31.2 Å². The molecule has 2 aromatic rings. The summed E-state index contributed by atoms with van der Waals surface area (Å²) in [6, 6.07) is 9.64. The van der Waals surface area contributed by atoms with Crippen LogP contribution in [0.3, 0.4) is 0 Å². The van der Waals surface area contributed by atoms with E-state index < -0.39 is 4.92 Å². The molecule has 124 valence electrons. The fourth-order valence-electron chi connectivity index (χ4n) is 2.18. The number of ketones is 1. The minimum atomic E-state index is -0.498. The predicted octanol–water partition coefficient (Wildman–Crippen LogP) is 3.82. The van der Waals surface area contributed by atoms with Gasteiger partial charge in [0.2, 0.25) is 0 Å². The second-order valence-corrected chi connectivity index (χ2v) is 5.06. The van der Waals surface area contributed by atoms with E-state index in [2.05, 4.69) is 0 Å². The van der Waals surface area contributed by atoms with Gasteiger partial charge in [0.1, 0.15) is 11.5 Å². The molecule has 0 unspecified atom stereocenters. The maximum Gasteiger partial charge on any atom is 0.273 e. The summed E-state index contributed by atoms with van der Waals surface area (Å²) >= 11 is 0. The lowest BCUT2D eigenvalue weighted by molar-refractivity contribution is -0.385. The summed E-state index contributed by atoms with van der Waals surface area (Å²) in [5.74, 6) is 0.883. The molecule has 0 aromatic heterocycles. The summed E-state index contributed by atoms with van der Waals surface area (Å²) < 4.78 is 10.4. The van der Waals surface area contributed by atoms with Gasteiger partial charge < -0.3 is 9.47 Å². The zero-order valence-corrected chi connectivity index (χ0v) is 13.6. The van der Waals surface area contributed by atoms with Crippen LogP contribution in [-0.4, -0.2) is 24.9 Å². The number of methoxy groups -OCH3 is 2. The Morgan fingerprint density at radius 1 is 1.12 bits per heavy atom. The highest BCUT2D eigenvalue weighted by molar-refractivity contribution is 6.07. The van der Waals surface area contributed by atoms with Crippen LogP contribution < -0.4 is 9.47 Å². The fraction of sp³-hybridized carbons (Fsp3) is 0.167. The monoisotopic (exact) mass is 327 g/mol. The third-order valence-corrected chi connectivity index (χ3v) is 3.55. The Hall–Kier alpha value is -3.15. The van der Waals surface area contributed by atoms with Crippen LogP contribution in [0.2, 0.25) is 0 Å².